The van der Waals surface area contributed by atoms with Crippen LogP contribution in [0.5, 0.6) is 0 Å². The van der Waals surface area contributed by atoms with E-state index in [0.29, 0.717) is 33.8 Å². The number of benzene rings is 2. The molecular weight excluding hydrogens is 438 g/mol. The number of imide groups is 1. The molecule has 0 saturated carbocycles. The first-order chi connectivity index (χ1) is 13.8. The van der Waals surface area contributed by atoms with Crippen LogP contribution in [0.3, 0.4) is 0 Å². The molecule has 0 radical (unpaired) electrons. The van der Waals surface area contributed by atoms with Crippen molar-refractivity contribution < 1.29 is 18.8 Å². The summed E-state index contributed by atoms with van der Waals surface area (Å²) in [5.41, 5.74) is 2.61. The Morgan fingerprint density at radius 1 is 1.14 bits per heavy atom. The van der Waals surface area contributed by atoms with Crippen LogP contribution in [0.4, 0.5) is 5.69 Å². The first kappa shape index (κ1) is 19.3. The predicted molar refractivity (Wildman–Crippen MR) is 111 cm³/mol. The van der Waals surface area contributed by atoms with E-state index in [2.05, 4.69) is 26.2 Å². The first-order valence-electron chi connectivity index (χ1n) is 9.19. The van der Waals surface area contributed by atoms with E-state index in [1.807, 2.05) is 13.8 Å². The molecule has 1 N–H and O–H groups in total. The average Bonchev–Trinajstić information content (AvgIpc) is 3.20. The summed E-state index contributed by atoms with van der Waals surface area (Å²) >= 11 is 3.30. The maximum absolute atomic E-state index is 12.5. The van der Waals surface area contributed by atoms with Gasteiger partial charge in [0, 0.05) is 29.0 Å². The van der Waals surface area contributed by atoms with Crippen LogP contribution in [0.15, 0.2) is 45.3 Å². The summed E-state index contributed by atoms with van der Waals surface area (Å²) in [7, 11) is 0. The van der Waals surface area contributed by atoms with E-state index in [-0.39, 0.29) is 36.6 Å². The molecule has 29 heavy (non-hydrogen) atoms. The Labute approximate surface area is 175 Å². The minimum Gasteiger partial charge on any atom is -0.440 e. The molecule has 7 nitrogen and oxygen atoms in total. The number of nitrogens with zero attached hydrogens (tertiary/aromatic N) is 2. The molecule has 8 heteroatoms. The van der Waals surface area contributed by atoms with Crippen LogP contribution in [0, 0.1) is 0 Å². The van der Waals surface area contributed by atoms with Gasteiger partial charge in [0.15, 0.2) is 11.5 Å². The summed E-state index contributed by atoms with van der Waals surface area (Å²) in [4.78, 5) is 42.8. The average molecular weight is 456 g/mol. The number of carbonyl (C=O) groups excluding carboxylic acids is 3. The largest absolute Gasteiger partial charge is 0.440 e. The Bertz CT molecular complexity index is 1150. The number of fused-ring (bicyclic) bond motifs is 2. The zero-order chi connectivity index (χ0) is 20.7. The number of hydrogen-bond acceptors (Lipinski definition) is 5. The van der Waals surface area contributed by atoms with Gasteiger partial charge in [0.05, 0.1) is 11.1 Å². The molecule has 3 amide bonds. The number of rotatable bonds is 5. The number of carbonyl (C=O) groups is 3. The van der Waals surface area contributed by atoms with Crippen molar-refractivity contribution in [3.8, 4) is 0 Å². The standard InChI is InChI=1S/C21H18BrN3O4/c1-11(2)19-24-16-10-13(4-6-17(16)29-19)23-18(26)7-8-25-20(27)14-5-3-12(22)9-15(14)21(25)28/h3-6,9-11H,7-8H2,1-2H3,(H,23,26). The highest BCUT2D eigenvalue weighted by atomic mass is 79.9. The van der Waals surface area contributed by atoms with Crippen LogP contribution >= 0.6 is 15.9 Å². The van der Waals surface area contributed by atoms with Gasteiger partial charge in [-0.2, -0.15) is 0 Å². The lowest BCUT2D eigenvalue weighted by Crippen LogP contribution is -2.32. The van der Waals surface area contributed by atoms with Gasteiger partial charge < -0.3 is 9.73 Å². The second kappa shape index (κ2) is 7.44. The highest BCUT2D eigenvalue weighted by molar-refractivity contribution is 9.10. The first-order valence-corrected chi connectivity index (χ1v) is 9.99. The van der Waals surface area contributed by atoms with Crippen molar-refractivity contribution in [2.75, 3.05) is 11.9 Å². The number of oxazole rings is 1. The molecule has 3 aromatic rings. The zero-order valence-electron chi connectivity index (χ0n) is 15.9. The summed E-state index contributed by atoms with van der Waals surface area (Å²) < 4.78 is 6.38. The van der Waals surface area contributed by atoms with Gasteiger partial charge in [-0.1, -0.05) is 29.8 Å². The molecule has 0 bridgehead atoms. The van der Waals surface area contributed by atoms with Crippen LogP contribution in [-0.2, 0) is 4.79 Å². The molecule has 0 saturated heterocycles. The molecule has 0 unspecified atom stereocenters. The number of anilines is 1. The molecule has 0 fully saturated rings. The second-order valence-electron chi connectivity index (χ2n) is 7.14. The third kappa shape index (κ3) is 3.67. The quantitative estimate of drug-likeness (QED) is 0.577. The van der Waals surface area contributed by atoms with E-state index in [1.165, 1.54) is 0 Å². The van der Waals surface area contributed by atoms with E-state index >= 15 is 0 Å². The van der Waals surface area contributed by atoms with Crippen molar-refractivity contribution in [1.29, 1.82) is 0 Å². The molecular formula is C21H18BrN3O4. The lowest BCUT2D eigenvalue weighted by Gasteiger charge is -2.13. The van der Waals surface area contributed by atoms with Crippen molar-refractivity contribution >= 4 is 50.4 Å². The summed E-state index contributed by atoms with van der Waals surface area (Å²) in [5, 5.41) is 2.78. The van der Waals surface area contributed by atoms with Gasteiger partial charge in [0.2, 0.25) is 5.91 Å². The Morgan fingerprint density at radius 2 is 1.90 bits per heavy atom. The fraction of sp³-hybridized carbons (Fsp3) is 0.238. The van der Waals surface area contributed by atoms with Crippen LogP contribution in [0.2, 0.25) is 0 Å². The lowest BCUT2D eigenvalue weighted by atomic mass is 10.1. The zero-order valence-corrected chi connectivity index (χ0v) is 17.4. The molecule has 148 valence electrons. The number of nitrogens with one attached hydrogen (secondary N) is 1. The maximum Gasteiger partial charge on any atom is 0.261 e. The summed E-state index contributed by atoms with van der Waals surface area (Å²) in [6, 6.07) is 10.2. The molecule has 1 aliphatic rings. The third-order valence-corrected chi connectivity index (χ3v) is 5.17. The Kier molecular flexibility index (Phi) is 4.96. The smallest absolute Gasteiger partial charge is 0.261 e. The number of amides is 3. The van der Waals surface area contributed by atoms with Crippen LogP contribution in [0.1, 0.15) is 52.8 Å². The number of halogens is 1. The van der Waals surface area contributed by atoms with Gasteiger partial charge in [0.25, 0.3) is 11.8 Å². The molecule has 2 aromatic carbocycles. The Hall–Kier alpha value is -3.00. The molecule has 1 aliphatic heterocycles. The SMILES string of the molecule is CC(C)c1nc2cc(NC(=O)CCN3C(=O)c4ccc(Br)cc4C3=O)ccc2o1. The van der Waals surface area contributed by atoms with Gasteiger partial charge in [-0.15, -0.1) is 0 Å². The van der Waals surface area contributed by atoms with Crippen LogP contribution < -0.4 is 5.32 Å². The normalized spacial score (nSPS) is 13.4. The molecule has 4 rings (SSSR count). The van der Waals surface area contributed by atoms with E-state index in [1.54, 1.807) is 36.4 Å². The van der Waals surface area contributed by atoms with Crippen molar-refractivity contribution in [1.82, 2.24) is 9.88 Å². The monoisotopic (exact) mass is 455 g/mol. The Morgan fingerprint density at radius 3 is 2.66 bits per heavy atom. The Balaban J connectivity index is 1.41. The third-order valence-electron chi connectivity index (χ3n) is 4.68. The number of hydrogen-bond donors (Lipinski definition) is 1. The van der Waals surface area contributed by atoms with Crippen molar-refractivity contribution in [2.45, 2.75) is 26.2 Å². The molecule has 0 aliphatic carbocycles. The van der Waals surface area contributed by atoms with Gasteiger partial charge in [0.1, 0.15) is 5.52 Å². The summed E-state index contributed by atoms with van der Waals surface area (Å²) in [6.07, 6.45) is 0.000729. The summed E-state index contributed by atoms with van der Waals surface area (Å²) in [5.74, 6) is -0.254. The van der Waals surface area contributed by atoms with Crippen molar-refractivity contribution in [3.63, 3.8) is 0 Å². The van der Waals surface area contributed by atoms with Gasteiger partial charge in [-0.25, -0.2) is 4.98 Å². The minimum atomic E-state index is -0.385. The molecule has 1 aromatic heterocycles. The van der Waals surface area contributed by atoms with E-state index < -0.39 is 0 Å². The molecule has 0 spiro atoms. The van der Waals surface area contributed by atoms with Crippen molar-refractivity contribution in [3.05, 3.63) is 57.9 Å². The minimum absolute atomic E-state index is 0.000729. The van der Waals surface area contributed by atoms with Crippen LogP contribution in [0.25, 0.3) is 11.1 Å². The van der Waals surface area contributed by atoms with Crippen LogP contribution in [-0.4, -0.2) is 34.2 Å². The molecule has 0 atom stereocenters. The van der Waals surface area contributed by atoms with Gasteiger partial charge in [-0.05, 0) is 36.4 Å². The number of aromatic nitrogens is 1. The van der Waals surface area contributed by atoms with E-state index in [0.717, 1.165) is 9.37 Å². The topological polar surface area (TPSA) is 92.5 Å². The highest BCUT2D eigenvalue weighted by Crippen LogP contribution is 2.27. The predicted octanol–water partition coefficient (Wildman–Crippen LogP) is 4.34. The lowest BCUT2D eigenvalue weighted by molar-refractivity contribution is -0.116. The van der Waals surface area contributed by atoms with Gasteiger partial charge >= 0.3 is 0 Å². The van der Waals surface area contributed by atoms with Crippen molar-refractivity contribution in [2.24, 2.45) is 0 Å². The highest BCUT2D eigenvalue weighted by Gasteiger charge is 2.35. The fourth-order valence-electron chi connectivity index (χ4n) is 3.17. The summed E-state index contributed by atoms with van der Waals surface area (Å²) in [6.45, 7) is 4.00. The fourth-order valence-corrected chi connectivity index (χ4v) is 3.53. The van der Waals surface area contributed by atoms with Gasteiger partial charge in [-0.3, -0.25) is 19.3 Å². The van der Waals surface area contributed by atoms with E-state index in [9.17, 15) is 14.4 Å². The molecule has 2 heterocycles. The second-order valence-corrected chi connectivity index (χ2v) is 8.06. The maximum atomic E-state index is 12.5. The van der Waals surface area contributed by atoms with E-state index in [4.69, 9.17) is 4.42 Å².